The first-order chi connectivity index (χ1) is 68.9. The minimum Gasteiger partial charge on any atom is -0.507 e. The summed E-state index contributed by atoms with van der Waals surface area (Å²) in [6.45, 7) is 13.6. The average molecular weight is 2400 g/mol. The number of hydrogen-bond donors (Lipinski definition) is 9. The van der Waals surface area contributed by atoms with Crippen LogP contribution in [0.15, 0.2) is 303 Å². The third kappa shape index (κ3) is 31.6. The molecule has 25 nitrogen and oxygen atoms in total. The van der Waals surface area contributed by atoms with Gasteiger partial charge in [-0.15, -0.1) is 23.2 Å². The van der Waals surface area contributed by atoms with E-state index in [2.05, 4.69) is 132 Å². The third-order valence-electron chi connectivity index (χ3n) is 22.5. The highest BCUT2D eigenvalue weighted by molar-refractivity contribution is 9.11. The molecule has 34 heteroatoms. The minimum atomic E-state index is -1.42. The van der Waals surface area contributed by atoms with Gasteiger partial charge >= 0.3 is 0 Å². The van der Waals surface area contributed by atoms with Crippen LogP contribution in [-0.2, 0) is 14.3 Å². The molecule has 0 saturated carbocycles. The summed E-state index contributed by atoms with van der Waals surface area (Å²) in [6.07, 6.45) is -8.41. The molecule has 12 aromatic carbocycles. The molecule has 5 aliphatic rings. The summed E-state index contributed by atoms with van der Waals surface area (Å²) in [6, 6.07) is 80.5. The topological polar surface area (TPSA) is 361 Å². The van der Waals surface area contributed by atoms with E-state index in [4.69, 9.17) is 95.7 Å². The summed E-state index contributed by atoms with van der Waals surface area (Å²) in [7, 11) is 1.66. The van der Waals surface area contributed by atoms with E-state index in [9.17, 15) is 60.3 Å². The van der Waals surface area contributed by atoms with E-state index in [-0.39, 0.29) is 47.2 Å². The second kappa shape index (κ2) is 56.7. The van der Waals surface area contributed by atoms with Crippen LogP contribution in [0.2, 0.25) is 0 Å². The van der Waals surface area contributed by atoms with E-state index in [1.54, 1.807) is 62.1 Å². The van der Waals surface area contributed by atoms with E-state index < -0.39 is 79.5 Å². The fourth-order valence-corrected chi connectivity index (χ4v) is 17.6. The molecule has 5 aliphatic heterocycles. The van der Waals surface area contributed by atoms with Crippen LogP contribution in [-0.4, -0.2) is 197 Å². The summed E-state index contributed by atoms with van der Waals surface area (Å²) in [5.41, 5.74) is 12.4. The van der Waals surface area contributed by atoms with Crippen molar-refractivity contribution in [3.8, 4) is 79.7 Å². The highest BCUT2D eigenvalue weighted by Crippen LogP contribution is 2.46. The number of benzene rings is 12. The molecule has 0 aliphatic carbocycles. The zero-order chi connectivity index (χ0) is 103. The van der Waals surface area contributed by atoms with Gasteiger partial charge in [0.05, 0.1) is 102 Å². The van der Waals surface area contributed by atoms with Gasteiger partial charge in [-0.05, 0) is 274 Å². The van der Waals surface area contributed by atoms with Crippen LogP contribution < -0.4 is 42.6 Å². The predicted octanol–water partition coefficient (Wildman–Crippen LogP) is 23.7. The average Bonchev–Trinajstić information content (AvgIpc) is 1.65. The number of carbonyl (C=O) groups excluding carboxylic acids is 3. The quantitative estimate of drug-likeness (QED) is 0.0173. The van der Waals surface area contributed by atoms with Gasteiger partial charge in [0.1, 0.15) is 130 Å². The van der Waals surface area contributed by atoms with Gasteiger partial charge in [-0.1, -0.05) is 156 Å². The summed E-state index contributed by atoms with van der Waals surface area (Å²) < 4.78 is 77.3. The number of Topliss-reactive ketones (excluding diaryl/α,β-unsaturated/α-hetero) is 2. The lowest BCUT2D eigenvalue weighted by Gasteiger charge is -2.40. The number of aliphatic hydroxyl groups excluding tert-OH is 8. The molecule has 2 fully saturated rings. The van der Waals surface area contributed by atoms with Gasteiger partial charge < -0.3 is 107 Å². The lowest BCUT2D eigenvalue weighted by Crippen LogP contribution is -2.55. The van der Waals surface area contributed by atoms with Crippen molar-refractivity contribution in [2.24, 2.45) is 0 Å². The number of ketones is 2. The van der Waals surface area contributed by atoms with Crippen LogP contribution in [0.25, 0.3) is 44.2 Å². The van der Waals surface area contributed by atoms with Crippen molar-refractivity contribution < 1.29 is 121 Å². The fraction of sp³-hybridized carbons (Fsp3) is 0.275. The van der Waals surface area contributed by atoms with Gasteiger partial charge in [-0.2, -0.15) is 0 Å². The Labute approximate surface area is 893 Å². The largest absolute Gasteiger partial charge is 0.507 e. The number of hydrogen-bond acceptors (Lipinski definition) is 25. The maximum atomic E-state index is 11.1. The van der Waals surface area contributed by atoms with Gasteiger partial charge in [-0.3, -0.25) is 14.4 Å². The SMILES string of the molecule is CCOc1ccc(-c2coc3ccc(Br)cc23)cc1.CCOc1ccc(-c2coc3ccc([C@@H]4O[C@H](CO)[C@@H](O)[C@H](O)[C@H]4O)cc23)cc1.CCOc1ccc(Br)cc1.CCOc1ccc(C2COc3ccc(Br)cc32)cc1.CCOc1ccc(C2COc3ccc([C@@H]4O[C@H](CO)[C@@H](O)[C@H](O)[C@H]4O)cc32)cc1.COc1ccc(Br)cc1.O=C(CCl)c1cc(Br)ccc1O.O=C(Cl)CCl.O=C1COc2ccc(Br)cc21. The highest BCUT2D eigenvalue weighted by atomic mass is 79.9. The van der Waals surface area contributed by atoms with Crippen LogP contribution in [0.1, 0.15) is 113 Å². The lowest BCUT2D eigenvalue weighted by molar-refractivity contribution is -0.231. The maximum absolute atomic E-state index is 11.1. The lowest BCUT2D eigenvalue weighted by atomic mass is 9.87. The molecule has 0 spiro atoms. The van der Waals surface area contributed by atoms with E-state index in [0.29, 0.717) is 73.6 Å². The summed E-state index contributed by atoms with van der Waals surface area (Å²) >= 11 is 35.0. The van der Waals surface area contributed by atoms with Crippen molar-refractivity contribution in [2.45, 2.75) is 107 Å². The van der Waals surface area contributed by atoms with Crippen LogP contribution in [0.4, 0.5) is 0 Å². The number of carbonyl (C=O) groups is 3. The van der Waals surface area contributed by atoms with Crippen molar-refractivity contribution in [1.82, 2.24) is 0 Å². The Kier molecular flexibility index (Phi) is 45.0. The monoisotopic (exact) mass is 2390 g/mol. The molecule has 2 aromatic heterocycles. The second-order valence-electron chi connectivity index (χ2n) is 31.9. The number of aromatic hydroxyl groups is 1. The standard InChI is InChI=1S/C22H26O7.C22H24O7.C16H15BrO2.C16H13BrO2.C8H6BrClO2.C8H5BrO2.C8H9BrO.C7H7BrO.C2H2Cl2O/c2*1-2-27-14-6-3-12(4-7-14)16-11-28-17-8-5-13(9-15(16)17)22-21(26)20(25)19(24)18(10-23)29-22;2*1-2-18-13-6-3-11(4-7-13)15-10-19-16-8-5-12(17)9-14(15)16;9-5-1-2-7(11)6(3-5)8(12)4-10;9-5-1-2-8-6(3-5)7(10)4-11-8;1-2-10-8-5-3-7(9)4-6-8;1-9-7-4-2-6(8)3-5-7;3-1-2(4)5/h3-9,16,18-26H,2,10-11H2,1H3;3-9,11,18-26H,2,10H2,1H3;3-9,15H,2,10H2,1H3;3-10H,2H2,1H3;1-3,11H,4H2;1-3H,4H2;3-6H,2H2,1H3;2-5H,1H3;1H2/t16?,18-,19-,20+,21-,22+;18-,19-,20+,21-,22+;;;;;;;/m11......./s1. The fourth-order valence-electron chi connectivity index (χ4n) is 15.4. The molecule has 2 saturated heterocycles. The van der Waals surface area contributed by atoms with Gasteiger partial charge in [0.15, 0.2) is 12.4 Å². The van der Waals surface area contributed by atoms with Crippen molar-refractivity contribution >= 4 is 169 Å². The zero-order valence-corrected chi connectivity index (χ0v) is 90.1. The Morgan fingerprint density at radius 1 is 0.378 bits per heavy atom. The van der Waals surface area contributed by atoms with Crippen molar-refractivity contribution in [2.75, 3.05) is 84.9 Å². The number of rotatable bonds is 22. The summed E-state index contributed by atoms with van der Waals surface area (Å²) in [5.74, 6) is 7.50. The Balaban J connectivity index is 0.000000160. The first-order valence-corrected chi connectivity index (χ1v) is 51.5. The second-order valence-corrected chi connectivity index (χ2v) is 38.4. The number of phenolic OH excluding ortho intramolecular Hbond substituents is 1. The number of methoxy groups -OCH3 is 1. The molecule has 14 aromatic rings. The first kappa shape index (κ1) is 113. The summed E-state index contributed by atoms with van der Waals surface area (Å²) in [5, 5.41) is 90.5. The Hall–Kier alpha value is -9.92. The predicted molar refractivity (Wildman–Crippen MR) is 572 cm³/mol. The van der Waals surface area contributed by atoms with E-state index in [1.807, 2.05) is 204 Å². The molecule has 0 radical (unpaired) electrons. The van der Waals surface area contributed by atoms with Crippen molar-refractivity contribution in [1.29, 1.82) is 0 Å². The Morgan fingerprint density at radius 3 is 1.16 bits per heavy atom. The van der Waals surface area contributed by atoms with E-state index >= 15 is 0 Å². The normalized spacial score (nSPS) is 19.0. The van der Waals surface area contributed by atoms with E-state index in [1.165, 1.54) is 17.2 Å². The molecule has 9 N–H and O–H groups in total. The molecule has 7 heterocycles. The van der Waals surface area contributed by atoms with Crippen LogP contribution >= 0.6 is 130 Å². The Bertz CT molecular complexity index is 6400. The Morgan fingerprint density at radius 2 is 0.727 bits per heavy atom. The number of ether oxygens (including phenoxy) is 11. The number of fused-ring (bicyclic) bond motifs is 5. The zero-order valence-electron chi connectivity index (χ0n) is 78.3. The minimum absolute atomic E-state index is 0.0190. The van der Waals surface area contributed by atoms with Gasteiger partial charge in [0, 0.05) is 71.7 Å². The first-order valence-electron chi connectivity index (χ1n) is 45.3. The van der Waals surface area contributed by atoms with Gasteiger partial charge in [0.2, 0.25) is 11.0 Å². The number of furan rings is 2. The van der Waals surface area contributed by atoms with Crippen molar-refractivity contribution in [3.63, 3.8) is 0 Å². The molecular formula is C109H107Br6Cl3O25. The van der Waals surface area contributed by atoms with Gasteiger partial charge in [-0.25, -0.2) is 0 Å². The molecule has 19 rings (SSSR count). The van der Waals surface area contributed by atoms with Crippen molar-refractivity contribution in [3.05, 3.63) is 339 Å². The highest BCUT2D eigenvalue weighted by Gasteiger charge is 2.46. The molecular weight excluding hydrogens is 2290 g/mol. The molecule has 12 atom stereocenters. The van der Waals surface area contributed by atoms with Crippen LogP contribution in [0, 0.1) is 0 Å². The molecule has 0 amide bonds. The van der Waals surface area contributed by atoms with Gasteiger partial charge in [0.25, 0.3) is 0 Å². The number of aliphatic hydroxyl groups is 8. The molecule has 0 bridgehead atoms. The number of alkyl halides is 2. The molecule has 143 heavy (non-hydrogen) atoms. The van der Waals surface area contributed by atoms with Crippen LogP contribution in [0.3, 0.4) is 0 Å². The number of phenols is 1. The maximum Gasteiger partial charge on any atom is 0.236 e. The summed E-state index contributed by atoms with van der Waals surface area (Å²) in [4.78, 5) is 31.6. The molecule has 2 unspecified atom stereocenters. The van der Waals surface area contributed by atoms with E-state index in [0.717, 1.165) is 129 Å². The number of halogens is 9. The smallest absolute Gasteiger partial charge is 0.236 e. The third-order valence-corrected chi connectivity index (χ3v) is 26.3. The molecule has 756 valence electrons. The van der Waals surface area contributed by atoms with Crippen LogP contribution in [0.5, 0.6) is 57.5 Å².